The summed E-state index contributed by atoms with van der Waals surface area (Å²) in [4.78, 5) is 9.93. The minimum absolute atomic E-state index is 0.275. The summed E-state index contributed by atoms with van der Waals surface area (Å²) < 4.78 is 0. The Labute approximate surface area is 68.6 Å². The molecule has 0 saturated carbocycles. The van der Waals surface area contributed by atoms with Crippen molar-refractivity contribution in [2.24, 2.45) is 5.90 Å². The van der Waals surface area contributed by atoms with Gasteiger partial charge in [0.05, 0.1) is 4.92 Å². The van der Waals surface area contributed by atoms with Crippen LogP contribution in [0.2, 0.25) is 0 Å². The summed E-state index contributed by atoms with van der Waals surface area (Å²) in [6.07, 6.45) is 6.13. The summed E-state index contributed by atoms with van der Waals surface area (Å²) in [5, 5.41) is 16.8. The van der Waals surface area contributed by atoms with Crippen LogP contribution in [0, 0.1) is 10.1 Å². The third-order valence-corrected chi connectivity index (χ3v) is 1.74. The van der Waals surface area contributed by atoms with Gasteiger partial charge in [0.1, 0.15) is 0 Å². The van der Waals surface area contributed by atoms with Crippen LogP contribution in [0.3, 0.4) is 0 Å². The lowest BCUT2D eigenvalue weighted by molar-refractivity contribution is -0.419. The number of hydrogen-bond acceptors (Lipinski definition) is 4. The predicted molar refractivity (Wildman–Crippen MR) is 41.8 cm³/mol. The minimum Gasteiger partial charge on any atom is -0.320 e. The highest BCUT2D eigenvalue weighted by atomic mass is 16.6. The first-order valence-electron chi connectivity index (χ1n) is 3.29. The second kappa shape index (κ2) is 3.29. The number of nitro groups is 1. The van der Waals surface area contributed by atoms with Gasteiger partial charge >= 0.3 is 0 Å². The van der Waals surface area contributed by atoms with E-state index >= 15 is 0 Å². The Kier molecular flexibility index (Phi) is 2.37. The lowest BCUT2D eigenvalue weighted by Crippen LogP contribution is -1.96. The van der Waals surface area contributed by atoms with E-state index in [1.807, 2.05) is 12.2 Å². The number of hydrogen-bond donors (Lipinski definition) is 2. The van der Waals surface area contributed by atoms with Gasteiger partial charge in [-0.25, -0.2) is 5.90 Å². The molecule has 0 aliphatic heterocycles. The summed E-state index contributed by atoms with van der Waals surface area (Å²) in [6, 6.07) is 0. The summed E-state index contributed by atoms with van der Waals surface area (Å²) in [5.74, 6) is 3.50. The van der Waals surface area contributed by atoms with E-state index in [1.165, 1.54) is 0 Å². The van der Waals surface area contributed by atoms with Crippen LogP contribution < -0.4 is 5.90 Å². The summed E-state index contributed by atoms with van der Waals surface area (Å²) in [7, 11) is 0. The SMILES string of the molecule is NO.O=[N+]([O-])C1=C2C=CC(=C1)C2. The topological polar surface area (TPSA) is 89.4 Å². The average molecular weight is 168 g/mol. The fraction of sp³-hybridized carbons (Fsp3) is 0.143. The van der Waals surface area contributed by atoms with Gasteiger partial charge in [-0.05, 0) is 5.57 Å². The summed E-state index contributed by atoms with van der Waals surface area (Å²) in [5.41, 5.74) is 2.18. The number of rotatable bonds is 1. The largest absolute Gasteiger partial charge is 0.320 e. The maximum absolute atomic E-state index is 10.3. The van der Waals surface area contributed by atoms with Gasteiger partial charge in [0.2, 0.25) is 0 Å². The molecule has 5 heteroatoms. The number of nitrogens with two attached hydrogens (primary N) is 1. The van der Waals surface area contributed by atoms with E-state index in [2.05, 4.69) is 5.90 Å². The van der Waals surface area contributed by atoms with Gasteiger partial charge in [-0.1, -0.05) is 12.2 Å². The van der Waals surface area contributed by atoms with Crippen LogP contribution in [-0.2, 0) is 0 Å². The third-order valence-electron chi connectivity index (χ3n) is 1.74. The standard InChI is InChI=1S/C7H5NO2.H3NO/c9-8(10)7-4-5-1-2-6(7)3-5;1-2/h1-2,4H,3H2;2H,1H2. The lowest BCUT2D eigenvalue weighted by Gasteiger charge is -1.89. The quantitative estimate of drug-likeness (QED) is 0.446. The van der Waals surface area contributed by atoms with Gasteiger partial charge in [0.25, 0.3) is 5.70 Å². The first-order valence-corrected chi connectivity index (χ1v) is 3.29. The number of fused-ring (bicyclic) bond motifs is 2. The molecule has 2 aliphatic carbocycles. The van der Waals surface area contributed by atoms with Crippen molar-refractivity contribution in [3.8, 4) is 0 Å². The van der Waals surface area contributed by atoms with E-state index < -0.39 is 0 Å². The Morgan fingerprint density at radius 1 is 1.50 bits per heavy atom. The molecule has 0 unspecified atom stereocenters. The summed E-state index contributed by atoms with van der Waals surface area (Å²) >= 11 is 0. The van der Waals surface area contributed by atoms with Crippen LogP contribution in [0.15, 0.2) is 35.1 Å². The van der Waals surface area contributed by atoms with Gasteiger partial charge in [0.15, 0.2) is 0 Å². The van der Waals surface area contributed by atoms with Crippen molar-refractivity contribution in [1.29, 1.82) is 0 Å². The molecule has 5 nitrogen and oxygen atoms in total. The molecule has 12 heavy (non-hydrogen) atoms. The van der Waals surface area contributed by atoms with E-state index in [0.29, 0.717) is 0 Å². The molecule has 0 aromatic carbocycles. The van der Waals surface area contributed by atoms with Crippen LogP contribution in [0.25, 0.3) is 0 Å². The maximum atomic E-state index is 10.3. The second-order valence-electron chi connectivity index (χ2n) is 2.40. The molecule has 0 spiro atoms. The Morgan fingerprint density at radius 3 is 2.42 bits per heavy atom. The van der Waals surface area contributed by atoms with E-state index in [0.717, 1.165) is 17.6 Å². The fourth-order valence-electron chi connectivity index (χ4n) is 1.26. The predicted octanol–water partition coefficient (Wildman–Crippen LogP) is 0.751. The van der Waals surface area contributed by atoms with Crippen molar-refractivity contribution in [2.75, 3.05) is 0 Å². The Bertz CT molecular complexity index is 302. The zero-order valence-corrected chi connectivity index (χ0v) is 6.23. The lowest BCUT2D eigenvalue weighted by atomic mass is 10.2. The molecular formula is C7H8N2O3. The van der Waals surface area contributed by atoms with Gasteiger partial charge < -0.3 is 5.21 Å². The molecule has 0 saturated heterocycles. The molecule has 0 amide bonds. The number of allylic oxidation sites excluding steroid dienone is 5. The van der Waals surface area contributed by atoms with Crippen molar-refractivity contribution >= 4 is 0 Å². The molecule has 2 rings (SSSR count). The van der Waals surface area contributed by atoms with Gasteiger partial charge in [-0.3, -0.25) is 10.1 Å². The highest BCUT2D eigenvalue weighted by Crippen LogP contribution is 2.33. The van der Waals surface area contributed by atoms with E-state index in [-0.39, 0.29) is 10.6 Å². The molecule has 0 atom stereocenters. The van der Waals surface area contributed by atoms with Gasteiger partial charge in [-0.2, -0.15) is 0 Å². The first-order chi connectivity index (χ1) is 5.77. The highest BCUT2D eigenvalue weighted by Gasteiger charge is 2.25. The molecule has 0 fully saturated rings. The maximum Gasteiger partial charge on any atom is 0.273 e. The van der Waals surface area contributed by atoms with Crippen molar-refractivity contribution in [2.45, 2.75) is 6.42 Å². The minimum atomic E-state index is -0.328. The van der Waals surface area contributed by atoms with Crippen LogP contribution >= 0.6 is 0 Å². The molecule has 2 aliphatic rings. The molecule has 2 bridgehead atoms. The smallest absolute Gasteiger partial charge is 0.273 e. The molecule has 0 aromatic heterocycles. The van der Waals surface area contributed by atoms with E-state index in [1.54, 1.807) is 6.08 Å². The van der Waals surface area contributed by atoms with Crippen molar-refractivity contribution < 1.29 is 10.1 Å². The number of nitrogens with zero attached hydrogens (tertiary/aromatic N) is 1. The first kappa shape index (κ1) is 8.63. The third kappa shape index (κ3) is 1.27. The zero-order valence-electron chi connectivity index (χ0n) is 6.23. The fourth-order valence-corrected chi connectivity index (χ4v) is 1.26. The Morgan fingerprint density at radius 2 is 2.17 bits per heavy atom. The van der Waals surface area contributed by atoms with E-state index in [4.69, 9.17) is 5.21 Å². The van der Waals surface area contributed by atoms with Crippen LogP contribution in [0.1, 0.15) is 6.42 Å². The van der Waals surface area contributed by atoms with Crippen molar-refractivity contribution in [3.05, 3.63) is 45.2 Å². The Balaban J connectivity index is 0.000000336. The van der Waals surface area contributed by atoms with Crippen LogP contribution in [0.5, 0.6) is 0 Å². The van der Waals surface area contributed by atoms with Crippen LogP contribution in [0.4, 0.5) is 0 Å². The molecule has 0 heterocycles. The highest BCUT2D eigenvalue weighted by molar-refractivity contribution is 5.52. The molecule has 0 aromatic rings. The summed E-state index contributed by atoms with van der Waals surface area (Å²) in [6.45, 7) is 0. The second-order valence-corrected chi connectivity index (χ2v) is 2.40. The normalized spacial score (nSPS) is 17.3. The van der Waals surface area contributed by atoms with Crippen LogP contribution in [-0.4, -0.2) is 10.1 Å². The molecule has 3 N–H and O–H groups in total. The zero-order chi connectivity index (χ0) is 9.14. The average Bonchev–Trinajstić information content (AvgIpc) is 2.67. The Hall–Kier alpha value is -1.46. The molecule has 0 radical (unpaired) electrons. The van der Waals surface area contributed by atoms with Crippen molar-refractivity contribution in [1.82, 2.24) is 0 Å². The van der Waals surface area contributed by atoms with Gasteiger partial charge in [-0.15, -0.1) is 0 Å². The van der Waals surface area contributed by atoms with E-state index in [9.17, 15) is 10.1 Å². The molecule has 64 valence electrons. The van der Waals surface area contributed by atoms with Gasteiger partial charge in [0, 0.05) is 18.1 Å². The molecular weight excluding hydrogens is 160 g/mol. The van der Waals surface area contributed by atoms with Crippen molar-refractivity contribution in [3.63, 3.8) is 0 Å². The monoisotopic (exact) mass is 168 g/mol.